The molecule has 1 aliphatic rings. The number of anilines is 1. The average Bonchev–Trinajstić information content (AvgIpc) is 3.06. The van der Waals surface area contributed by atoms with E-state index in [1.165, 1.54) is 0 Å². The van der Waals surface area contributed by atoms with E-state index in [1.54, 1.807) is 19.4 Å². The average molecular weight is 375 g/mol. The molecule has 1 aromatic heterocycles. The molecule has 2 aromatic rings. The SMILES string of the molecule is COc1ncccc1NC(=O)C1(c2cccc(Br)c2)CCCC1. The Hall–Kier alpha value is -1.88. The first kappa shape index (κ1) is 16.0. The number of amides is 1. The molecule has 0 radical (unpaired) electrons. The quantitative estimate of drug-likeness (QED) is 0.867. The van der Waals surface area contributed by atoms with Gasteiger partial charge in [0, 0.05) is 10.7 Å². The van der Waals surface area contributed by atoms with Crippen molar-refractivity contribution in [2.75, 3.05) is 12.4 Å². The van der Waals surface area contributed by atoms with Crippen molar-refractivity contribution in [3.63, 3.8) is 0 Å². The summed E-state index contributed by atoms with van der Waals surface area (Å²) in [5.74, 6) is 0.447. The van der Waals surface area contributed by atoms with E-state index in [0.29, 0.717) is 11.6 Å². The van der Waals surface area contributed by atoms with Gasteiger partial charge >= 0.3 is 0 Å². The lowest BCUT2D eigenvalue weighted by Gasteiger charge is -2.28. The summed E-state index contributed by atoms with van der Waals surface area (Å²) < 4.78 is 6.23. The van der Waals surface area contributed by atoms with Gasteiger partial charge in [-0.25, -0.2) is 4.98 Å². The van der Waals surface area contributed by atoms with Gasteiger partial charge in [-0.2, -0.15) is 0 Å². The minimum absolute atomic E-state index is 0.0133. The molecule has 23 heavy (non-hydrogen) atoms. The number of benzene rings is 1. The van der Waals surface area contributed by atoms with Crippen LogP contribution >= 0.6 is 15.9 Å². The number of carbonyl (C=O) groups is 1. The second-order valence-corrected chi connectivity index (χ2v) is 6.73. The summed E-state index contributed by atoms with van der Waals surface area (Å²) in [6, 6.07) is 11.7. The number of halogens is 1. The molecule has 3 rings (SSSR count). The van der Waals surface area contributed by atoms with E-state index in [1.807, 2.05) is 30.3 Å². The maximum atomic E-state index is 13.1. The van der Waals surface area contributed by atoms with E-state index in [4.69, 9.17) is 4.74 Å². The number of rotatable bonds is 4. The van der Waals surface area contributed by atoms with Gasteiger partial charge in [-0.1, -0.05) is 40.9 Å². The molecule has 1 aromatic carbocycles. The molecule has 1 N–H and O–H groups in total. The number of methoxy groups -OCH3 is 1. The number of hydrogen-bond donors (Lipinski definition) is 1. The summed E-state index contributed by atoms with van der Waals surface area (Å²) in [5.41, 5.74) is 1.19. The summed E-state index contributed by atoms with van der Waals surface area (Å²) in [6.07, 6.45) is 5.48. The first-order valence-corrected chi connectivity index (χ1v) is 8.51. The van der Waals surface area contributed by atoms with Crippen LogP contribution in [0.15, 0.2) is 47.1 Å². The Morgan fingerprint density at radius 2 is 2.04 bits per heavy atom. The van der Waals surface area contributed by atoms with Gasteiger partial charge in [0.15, 0.2) is 0 Å². The molecule has 1 heterocycles. The Morgan fingerprint density at radius 3 is 2.74 bits per heavy atom. The third kappa shape index (κ3) is 3.11. The van der Waals surface area contributed by atoms with Crippen LogP contribution < -0.4 is 10.1 Å². The minimum atomic E-state index is -0.482. The van der Waals surface area contributed by atoms with Crippen LogP contribution in [0, 0.1) is 0 Å². The summed E-state index contributed by atoms with van der Waals surface area (Å²) in [5, 5.41) is 3.02. The standard InChI is InChI=1S/C18H19BrN2O2/c1-23-16-15(8-5-11-20-16)21-17(22)18(9-2-3-10-18)13-6-4-7-14(19)12-13/h4-8,11-12H,2-3,9-10H2,1H3,(H,21,22). The number of nitrogens with one attached hydrogen (secondary N) is 1. The third-order valence-corrected chi connectivity index (χ3v) is 4.97. The van der Waals surface area contributed by atoms with Crippen LogP contribution in [0.2, 0.25) is 0 Å². The smallest absolute Gasteiger partial charge is 0.237 e. The molecule has 0 atom stereocenters. The van der Waals surface area contributed by atoms with Gasteiger partial charge in [0.1, 0.15) is 5.69 Å². The van der Waals surface area contributed by atoms with Crippen molar-refractivity contribution < 1.29 is 9.53 Å². The fourth-order valence-electron chi connectivity index (χ4n) is 3.30. The van der Waals surface area contributed by atoms with Crippen molar-refractivity contribution in [3.8, 4) is 5.88 Å². The van der Waals surface area contributed by atoms with Crippen molar-refractivity contribution in [1.29, 1.82) is 0 Å². The second kappa shape index (κ2) is 6.71. The summed E-state index contributed by atoms with van der Waals surface area (Å²) >= 11 is 3.51. The van der Waals surface area contributed by atoms with Gasteiger partial charge in [0.25, 0.3) is 0 Å². The van der Waals surface area contributed by atoms with E-state index in [0.717, 1.165) is 35.7 Å². The van der Waals surface area contributed by atoms with Gasteiger partial charge in [-0.15, -0.1) is 0 Å². The molecule has 0 saturated heterocycles. The zero-order chi connectivity index (χ0) is 16.3. The third-order valence-electron chi connectivity index (χ3n) is 4.48. The van der Waals surface area contributed by atoms with Crippen molar-refractivity contribution in [1.82, 2.24) is 4.98 Å². The molecule has 0 bridgehead atoms. The normalized spacial score (nSPS) is 16.1. The van der Waals surface area contributed by atoms with Crippen molar-refractivity contribution in [2.24, 2.45) is 0 Å². The number of aromatic nitrogens is 1. The number of ether oxygens (including phenoxy) is 1. The van der Waals surface area contributed by atoms with Crippen LogP contribution in [0.25, 0.3) is 0 Å². The molecule has 1 amide bonds. The molecule has 1 saturated carbocycles. The lowest BCUT2D eigenvalue weighted by atomic mass is 9.78. The molecule has 120 valence electrons. The molecular weight excluding hydrogens is 356 g/mol. The second-order valence-electron chi connectivity index (χ2n) is 5.81. The summed E-state index contributed by atoms with van der Waals surface area (Å²) in [4.78, 5) is 17.2. The maximum Gasteiger partial charge on any atom is 0.237 e. The zero-order valence-electron chi connectivity index (χ0n) is 13.0. The van der Waals surface area contributed by atoms with E-state index in [2.05, 4.69) is 26.2 Å². The van der Waals surface area contributed by atoms with Crippen LogP contribution in [0.5, 0.6) is 5.88 Å². The van der Waals surface area contributed by atoms with E-state index >= 15 is 0 Å². The van der Waals surface area contributed by atoms with Gasteiger partial charge in [0.2, 0.25) is 11.8 Å². The minimum Gasteiger partial charge on any atom is -0.480 e. The lowest BCUT2D eigenvalue weighted by Crippen LogP contribution is -2.38. The maximum absolute atomic E-state index is 13.1. The predicted octanol–water partition coefficient (Wildman–Crippen LogP) is 4.30. The zero-order valence-corrected chi connectivity index (χ0v) is 14.6. The van der Waals surface area contributed by atoms with Crippen molar-refractivity contribution in [2.45, 2.75) is 31.1 Å². The molecular formula is C18H19BrN2O2. The lowest BCUT2D eigenvalue weighted by molar-refractivity contribution is -0.121. The van der Waals surface area contributed by atoms with Crippen LogP contribution in [0.3, 0.4) is 0 Å². The molecule has 1 fully saturated rings. The Labute approximate surface area is 144 Å². The largest absolute Gasteiger partial charge is 0.480 e. The Kier molecular flexibility index (Phi) is 4.66. The predicted molar refractivity (Wildman–Crippen MR) is 93.7 cm³/mol. The fraction of sp³-hybridized carbons (Fsp3) is 0.333. The van der Waals surface area contributed by atoms with E-state index in [9.17, 15) is 4.79 Å². The molecule has 1 aliphatic carbocycles. The monoisotopic (exact) mass is 374 g/mol. The molecule has 0 unspecified atom stereocenters. The van der Waals surface area contributed by atoms with E-state index in [-0.39, 0.29) is 5.91 Å². The highest BCUT2D eigenvalue weighted by Gasteiger charge is 2.43. The number of nitrogens with zero attached hydrogens (tertiary/aromatic N) is 1. The Bertz CT molecular complexity index is 712. The fourth-order valence-corrected chi connectivity index (χ4v) is 3.70. The topological polar surface area (TPSA) is 51.2 Å². The van der Waals surface area contributed by atoms with E-state index < -0.39 is 5.41 Å². The highest BCUT2D eigenvalue weighted by molar-refractivity contribution is 9.10. The first-order valence-electron chi connectivity index (χ1n) is 7.72. The first-order chi connectivity index (χ1) is 11.2. The summed E-state index contributed by atoms with van der Waals surface area (Å²) in [6.45, 7) is 0. The highest BCUT2D eigenvalue weighted by Crippen LogP contribution is 2.43. The Balaban J connectivity index is 1.94. The van der Waals surface area contributed by atoms with Crippen molar-refractivity contribution >= 4 is 27.5 Å². The van der Waals surface area contributed by atoms with Crippen LogP contribution in [0.1, 0.15) is 31.2 Å². The van der Waals surface area contributed by atoms with Crippen LogP contribution in [0.4, 0.5) is 5.69 Å². The number of hydrogen-bond acceptors (Lipinski definition) is 3. The van der Waals surface area contributed by atoms with Gasteiger partial charge < -0.3 is 10.1 Å². The molecule has 4 nitrogen and oxygen atoms in total. The van der Waals surface area contributed by atoms with Crippen molar-refractivity contribution in [3.05, 3.63) is 52.6 Å². The Morgan fingerprint density at radius 1 is 1.26 bits per heavy atom. The van der Waals surface area contributed by atoms with Crippen LogP contribution in [-0.2, 0) is 10.2 Å². The van der Waals surface area contributed by atoms with Gasteiger partial charge in [0.05, 0.1) is 12.5 Å². The van der Waals surface area contributed by atoms with Crippen LogP contribution in [-0.4, -0.2) is 18.0 Å². The number of carbonyl (C=O) groups excluding carboxylic acids is 1. The number of pyridine rings is 1. The van der Waals surface area contributed by atoms with Gasteiger partial charge in [-0.3, -0.25) is 4.79 Å². The summed E-state index contributed by atoms with van der Waals surface area (Å²) in [7, 11) is 1.55. The highest BCUT2D eigenvalue weighted by atomic mass is 79.9. The molecule has 0 aliphatic heterocycles. The molecule has 5 heteroatoms. The molecule has 0 spiro atoms. The van der Waals surface area contributed by atoms with Gasteiger partial charge in [-0.05, 0) is 42.7 Å².